The maximum atomic E-state index is 12.6. The molecular formula is C15H11F3N2O. The van der Waals surface area contributed by atoms with Gasteiger partial charge in [0.1, 0.15) is 23.9 Å². The Balaban J connectivity index is 2.22. The third-order valence-corrected chi connectivity index (χ3v) is 2.77. The number of halogens is 3. The lowest BCUT2D eigenvalue weighted by Gasteiger charge is -2.10. The molecule has 0 amide bonds. The largest absolute Gasteiger partial charge is 0.472 e. The van der Waals surface area contributed by atoms with Crippen molar-refractivity contribution in [2.45, 2.75) is 19.7 Å². The number of benzene rings is 1. The van der Waals surface area contributed by atoms with Crippen molar-refractivity contribution in [3.8, 4) is 11.9 Å². The normalized spacial score (nSPS) is 11.0. The summed E-state index contributed by atoms with van der Waals surface area (Å²) < 4.78 is 43.1. The van der Waals surface area contributed by atoms with E-state index >= 15 is 0 Å². The highest BCUT2D eigenvalue weighted by Crippen LogP contribution is 2.30. The molecule has 0 unspecified atom stereocenters. The summed E-state index contributed by atoms with van der Waals surface area (Å²) in [5, 5.41) is 8.89. The minimum Gasteiger partial charge on any atom is -0.472 e. The first-order valence-electron chi connectivity index (χ1n) is 6.07. The molecule has 0 saturated carbocycles. The molecule has 2 rings (SSSR count). The van der Waals surface area contributed by atoms with E-state index in [4.69, 9.17) is 10.00 Å². The Morgan fingerprint density at radius 2 is 1.81 bits per heavy atom. The van der Waals surface area contributed by atoms with Crippen LogP contribution in [-0.2, 0) is 12.8 Å². The highest BCUT2D eigenvalue weighted by Gasteiger charge is 2.33. The van der Waals surface area contributed by atoms with Gasteiger partial charge in [-0.05, 0) is 24.6 Å². The van der Waals surface area contributed by atoms with Crippen LogP contribution in [0.2, 0.25) is 0 Å². The minimum absolute atomic E-state index is 0.0323. The first-order chi connectivity index (χ1) is 9.90. The van der Waals surface area contributed by atoms with Gasteiger partial charge in [0, 0.05) is 0 Å². The van der Waals surface area contributed by atoms with Crippen molar-refractivity contribution in [1.82, 2.24) is 4.98 Å². The molecule has 0 bridgehead atoms. The first-order valence-corrected chi connectivity index (χ1v) is 6.07. The molecule has 21 heavy (non-hydrogen) atoms. The lowest BCUT2D eigenvalue weighted by atomic mass is 10.2. The fourth-order valence-corrected chi connectivity index (χ4v) is 1.63. The van der Waals surface area contributed by atoms with Gasteiger partial charge in [-0.3, -0.25) is 0 Å². The first kappa shape index (κ1) is 14.9. The van der Waals surface area contributed by atoms with E-state index in [0.29, 0.717) is 0 Å². The molecule has 1 aromatic carbocycles. The van der Waals surface area contributed by atoms with Crippen molar-refractivity contribution < 1.29 is 17.9 Å². The molecule has 1 heterocycles. The number of pyridine rings is 1. The summed E-state index contributed by atoms with van der Waals surface area (Å²) in [7, 11) is 0. The Morgan fingerprint density at radius 1 is 1.14 bits per heavy atom. The number of nitriles is 1. The number of hydrogen-bond donors (Lipinski definition) is 0. The molecule has 0 radical (unpaired) electrons. The quantitative estimate of drug-likeness (QED) is 0.863. The number of aryl methyl sites for hydroxylation is 1. The molecule has 0 aliphatic rings. The van der Waals surface area contributed by atoms with Crippen molar-refractivity contribution in [1.29, 1.82) is 5.26 Å². The van der Waals surface area contributed by atoms with Crippen LogP contribution < -0.4 is 4.74 Å². The van der Waals surface area contributed by atoms with Crippen molar-refractivity contribution >= 4 is 0 Å². The summed E-state index contributed by atoms with van der Waals surface area (Å²) in [6, 6.07) is 10.9. The van der Waals surface area contributed by atoms with Crippen LogP contribution in [0, 0.1) is 18.3 Å². The van der Waals surface area contributed by atoms with E-state index in [0.717, 1.165) is 23.3 Å². The van der Waals surface area contributed by atoms with Crippen molar-refractivity contribution in [2.75, 3.05) is 0 Å². The Labute approximate surface area is 119 Å². The summed E-state index contributed by atoms with van der Waals surface area (Å²) in [4.78, 5) is 3.38. The van der Waals surface area contributed by atoms with Crippen LogP contribution in [0.5, 0.6) is 5.88 Å². The van der Waals surface area contributed by atoms with Gasteiger partial charge in [-0.15, -0.1) is 0 Å². The topological polar surface area (TPSA) is 45.9 Å². The Bertz CT molecular complexity index is 673. The van der Waals surface area contributed by atoms with E-state index in [-0.39, 0.29) is 18.1 Å². The fourth-order valence-electron chi connectivity index (χ4n) is 1.63. The SMILES string of the molecule is Cc1ccc(COc2nc(C(F)(F)F)ccc2C#N)cc1. The Morgan fingerprint density at radius 3 is 2.38 bits per heavy atom. The molecule has 1 aromatic heterocycles. The van der Waals surface area contributed by atoms with Crippen LogP contribution in [0.15, 0.2) is 36.4 Å². The van der Waals surface area contributed by atoms with E-state index in [1.165, 1.54) is 0 Å². The molecular weight excluding hydrogens is 281 g/mol. The van der Waals surface area contributed by atoms with Gasteiger partial charge in [0.15, 0.2) is 0 Å². The number of ether oxygens (including phenoxy) is 1. The average Bonchev–Trinajstić information content (AvgIpc) is 2.45. The molecule has 0 aliphatic heterocycles. The van der Waals surface area contributed by atoms with Crippen molar-refractivity contribution in [3.63, 3.8) is 0 Å². The Hall–Kier alpha value is -2.55. The molecule has 108 valence electrons. The van der Waals surface area contributed by atoms with Crippen LogP contribution in [-0.4, -0.2) is 4.98 Å². The van der Waals surface area contributed by atoms with Crippen LogP contribution in [0.25, 0.3) is 0 Å². The predicted octanol–water partition coefficient (Wildman–Crippen LogP) is 3.86. The lowest BCUT2D eigenvalue weighted by Crippen LogP contribution is -2.10. The zero-order valence-corrected chi connectivity index (χ0v) is 11.1. The lowest BCUT2D eigenvalue weighted by molar-refractivity contribution is -0.141. The second-order valence-corrected chi connectivity index (χ2v) is 4.43. The maximum absolute atomic E-state index is 12.6. The van der Waals surface area contributed by atoms with Crippen LogP contribution in [0.1, 0.15) is 22.4 Å². The van der Waals surface area contributed by atoms with Gasteiger partial charge in [-0.1, -0.05) is 29.8 Å². The summed E-state index contributed by atoms with van der Waals surface area (Å²) in [5.41, 5.74) is 0.730. The summed E-state index contributed by atoms with van der Waals surface area (Å²) in [5.74, 6) is -0.312. The molecule has 2 aromatic rings. The second kappa shape index (κ2) is 5.83. The number of alkyl halides is 3. The molecule has 0 aliphatic carbocycles. The zero-order chi connectivity index (χ0) is 15.5. The van der Waals surface area contributed by atoms with E-state index < -0.39 is 11.9 Å². The van der Waals surface area contributed by atoms with E-state index in [9.17, 15) is 13.2 Å². The molecule has 6 heteroatoms. The molecule has 0 saturated heterocycles. The highest BCUT2D eigenvalue weighted by atomic mass is 19.4. The van der Waals surface area contributed by atoms with Gasteiger partial charge in [-0.25, -0.2) is 4.98 Å². The average molecular weight is 292 g/mol. The summed E-state index contributed by atoms with van der Waals surface area (Å²) in [6.07, 6.45) is -4.57. The highest BCUT2D eigenvalue weighted by molar-refractivity contribution is 5.39. The molecule has 0 fully saturated rings. The van der Waals surface area contributed by atoms with Crippen molar-refractivity contribution in [3.05, 3.63) is 58.8 Å². The predicted molar refractivity (Wildman–Crippen MR) is 69.5 cm³/mol. The van der Waals surface area contributed by atoms with E-state index in [1.54, 1.807) is 18.2 Å². The third kappa shape index (κ3) is 3.72. The molecule has 0 atom stereocenters. The number of nitrogens with zero attached hydrogens (tertiary/aromatic N) is 2. The van der Waals surface area contributed by atoms with Gasteiger partial charge in [-0.2, -0.15) is 18.4 Å². The Kier molecular flexibility index (Phi) is 4.13. The number of rotatable bonds is 3. The number of hydrogen-bond acceptors (Lipinski definition) is 3. The fraction of sp³-hybridized carbons (Fsp3) is 0.200. The summed E-state index contributed by atoms with van der Waals surface area (Å²) >= 11 is 0. The third-order valence-electron chi connectivity index (χ3n) is 2.77. The molecule has 0 spiro atoms. The number of aromatic nitrogens is 1. The van der Waals surface area contributed by atoms with E-state index in [1.807, 2.05) is 19.1 Å². The minimum atomic E-state index is -4.57. The van der Waals surface area contributed by atoms with Crippen molar-refractivity contribution in [2.24, 2.45) is 0 Å². The molecule has 3 nitrogen and oxygen atoms in total. The van der Waals surface area contributed by atoms with Crippen LogP contribution >= 0.6 is 0 Å². The van der Waals surface area contributed by atoms with Gasteiger partial charge < -0.3 is 4.74 Å². The van der Waals surface area contributed by atoms with E-state index in [2.05, 4.69) is 4.98 Å². The maximum Gasteiger partial charge on any atom is 0.433 e. The smallest absolute Gasteiger partial charge is 0.433 e. The monoisotopic (exact) mass is 292 g/mol. The van der Waals surface area contributed by atoms with Gasteiger partial charge in [0.25, 0.3) is 0 Å². The van der Waals surface area contributed by atoms with Gasteiger partial charge >= 0.3 is 6.18 Å². The zero-order valence-electron chi connectivity index (χ0n) is 11.1. The van der Waals surface area contributed by atoms with Gasteiger partial charge in [0.2, 0.25) is 5.88 Å². The molecule has 0 N–H and O–H groups in total. The standard InChI is InChI=1S/C15H11F3N2O/c1-10-2-4-11(5-3-10)9-21-14-12(8-19)6-7-13(20-14)15(16,17)18/h2-7H,9H2,1H3. The van der Waals surface area contributed by atoms with Gasteiger partial charge in [0.05, 0.1) is 0 Å². The summed E-state index contributed by atoms with van der Waals surface area (Å²) in [6.45, 7) is 1.97. The van der Waals surface area contributed by atoms with Crippen LogP contribution in [0.3, 0.4) is 0 Å². The second-order valence-electron chi connectivity index (χ2n) is 4.43. The van der Waals surface area contributed by atoms with Crippen LogP contribution in [0.4, 0.5) is 13.2 Å².